The molecular weight excluding hydrogens is 382 g/mol. The van der Waals surface area contributed by atoms with Crippen LogP contribution in [-0.4, -0.2) is 48.3 Å². The van der Waals surface area contributed by atoms with Crippen molar-refractivity contribution >= 4 is 5.91 Å². The molecule has 6 heteroatoms. The zero-order chi connectivity index (χ0) is 20.7. The standard InChI is InChI=1S/C24H27NO5/c1-28-17-6-2-5-16(15-17)23(27)25-12-10-24(11-13-25)19-8-4-14-29-21(19)18-7-3-9-20(26)22(18)30-24/h2-3,5-7,9,15,19,21,26H,4,8,10-14H2,1H3/t19-,21+/m0/s1. The fraction of sp³-hybridized carbons (Fsp3) is 0.458. The van der Waals surface area contributed by atoms with Gasteiger partial charge in [-0.05, 0) is 37.1 Å². The number of likely N-dealkylation sites (tertiary alicyclic amines) is 1. The fourth-order valence-electron chi connectivity index (χ4n) is 5.28. The minimum atomic E-state index is -0.415. The summed E-state index contributed by atoms with van der Waals surface area (Å²) >= 11 is 0. The van der Waals surface area contributed by atoms with E-state index in [-0.39, 0.29) is 23.7 Å². The number of phenols is 1. The van der Waals surface area contributed by atoms with Crippen molar-refractivity contribution in [1.82, 2.24) is 4.90 Å². The summed E-state index contributed by atoms with van der Waals surface area (Å²) in [5, 5.41) is 10.4. The Labute approximate surface area is 176 Å². The molecule has 6 nitrogen and oxygen atoms in total. The maximum atomic E-state index is 13.0. The van der Waals surface area contributed by atoms with Crippen LogP contribution < -0.4 is 9.47 Å². The summed E-state index contributed by atoms with van der Waals surface area (Å²) < 4.78 is 18.0. The van der Waals surface area contributed by atoms with Crippen molar-refractivity contribution in [1.29, 1.82) is 0 Å². The van der Waals surface area contributed by atoms with Gasteiger partial charge < -0.3 is 24.2 Å². The molecule has 3 aliphatic heterocycles. The number of hydrogen-bond acceptors (Lipinski definition) is 5. The maximum absolute atomic E-state index is 13.0. The predicted molar refractivity (Wildman–Crippen MR) is 111 cm³/mol. The lowest BCUT2D eigenvalue weighted by Crippen LogP contribution is -2.57. The Morgan fingerprint density at radius 3 is 2.80 bits per heavy atom. The van der Waals surface area contributed by atoms with Gasteiger partial charge in [-0.3, -0.25) is 4.79 Å². The van der Waals surface area contributed by atoms with Gasteiger partial charge >= 0.3 is 0 Å². The van der Waals surface area contributed by atoms with Crippen LogP contribution in [0.4, 0.5) is 0 Å². The molecule has 2 aromatic carbocycles. The van der Waals surface area contributed by atoms with Crippen molar-refractivity contribution < 1.29 is 24.1 Å². The summed E-state index contributed by atoms with van der Waals surface area (Å²) in [6.07, 6.45) is 3.42. The van der Waals surface area contributed by atoms with E-state index in [4.69, 9.17) is 14.2 Å². The largest absolute Gasteiger partial charge is 0.504 e. The zero-order valence-electron chi connectivity index (χ0n) is 17.2. The first-order valence-electron chi connectivity index (χ1n) is 10.7. The number of aromatic hydroxyl groups is 1. The molecule has 3 aliphatic rings. The number of rotatable bonds is 2. The molecule has 3 heterocycles. The fourth-order valence-corrected chi connectivity index (χ4v) is 5.28. The second-order valence-electron chi connectivity index (χ2n) is 8.43. The molecule has 2 aromatic rings. The van der Waals surface area contributed by atoms with Gasteiger partial charge in [-0.25, -0.2) is 0 Å². The first-order chi connectivity index (χ1) is 14.6. The highest BCUT2D eigenvalue weighted by atomic mass is 16.5. The number of para-hydroxylation sites is 1. The molecule has 2 atom stereocenters. The molecule has 0 aliphatic carbocycles. The van der Waals surface area contributed by atoms with Gasteiger partial charge in [-0.2, -0.15) is 0 Å². The molecular formula is C24H27NO5. The number of piperidine rings is 1. The first kappa shape index (κ1) is 19.2. The van der Waals surface area contributed by atoms with E-state index < -0.39 is 5.60 Å². The minimum absolute atomic E-state index is 0.0132. The van der Waals surface area contributed by atoms with Gasteiger partial charge in [0.25, 0.3) is 5.91 Å². The van der Waals surface area contributed by atoms with Crippen LogP contribution >= 0.6 is 0 Å². The molecule has 0 saturated carbocycles. The Hall–Kier alpha value is -2.73. The van der Waals surface area contributed by atoms with Gasteiger partial charge in [0.1, 0.15) is 11.4 Å². The topological polar surface area (TPSA) is 68.2 Å². The van der Waals surface area contributed by atoms with Crippen molar-refractivity contribution in [2.24, 2.45) is 5.92 Å². The van der Waals surface area contributed by atoms with Crippen LogP contribution in [-0.2, 0) is 4.74 Å². The molecule has 1 amide bonds. The highest BCUT2D eigenvalue weighted by Gasteiger charge is 2.53. The lowest BCUT2D eigenvalue weighted by molar-refractivity contribution is -0.147. The molecule has 0 unspecified atom stereocenters. The number of methoxy groups -OCH3 is 1. The van der Waals surface area contributed by atoms with E-state index in [0.29, 0.717) is 30.2 Å². The van der Waals surface area contributed by atoms with Crippen molar-refractivity contribution in [3.8, 4) is 17.2 Å². The molecule has 1 spiro atoms. The van der Waals surface area contributed by atoms with Crippen LogP contribution in [0.2, 0.25) is 0 Å². The van der Waals surface area contributed by atoms with Crippen molar-refractivity contribution in [2.75, 3.05) is 26.8 Å². The normalized spacial score (nSPS) is 24.5. The van der Waals surface area contributed by atoms with Crippen LogP contribution in [0.1, 0.15) is 47.7 Å². The minimum Gasteiger partial charge on any atom is -0.504 e. The molecule has 2 fully saturated rings. The number of hydrogen-bond donors (Lipinski definition) is 1. The summed E-state index contributed by atoms with van der Waals surface area (Å²) in [5.74, 6) is 1.63. The Morgan fingerprint density at radius 1 is 1.20 bits per heavy atom. The van der Waals surface area contributed by atoms with Crippen LogP contribution in [0.5, 0.6) is 17.2 Å². The van der Waals surface area contributed by atoms with E-state index in [1.54, 1.807) is 19.2 Å². The summed E-state index contributed by atoms with van der Waals surface area (Å²) in [4.78, 5) is 14.9. The Bertz CT molecular complexity index is 950. The molecule has 30 heavy (non-hydrogen) atoms. The highest BCUT2D eigenvalue weighted by Crippen LogP contribution is 2.55. The third kappa shape index (κ3) is 3.10. The summed E-state index contributed by atoms with van der Waals surface area (Å²) in [7, 11) is 1.60. The van der Waals surface area contributed by atoms with E-state index in [9.17, 15) is 9.90 Å². The van der Waals surface area contributed by atoms with Gasteiger partial charge in [-0.1, -0.05) is 18.2 Å². The lowest BCUT2D eigenvalue weighted by Gasteiger charge is -2.53. The number of amides is 1. The van der Waals surface area contributed by atoms with Crippen LogP contribution in [0.3, 0.4) is 0 Å². The average molecular weight is 409 g/mol. The van der Waals surface area contributed by atoms with E-state index >= 15 is 0 Å². The SMILES string of the molecule is COc1cccc(C(=O)N2CCC3(CC2)Oc2c(O)cccc2[C@H]2OCCC[C@@H]23)c1. The third-order valence-electron chi connectivity index (χ3n) is 6.85. The van der Waals surface area contributed by atoms with Gasteiger partial charge in [0, 0.05) is 49.6 Å². The second-order valence-corrected chi connectivity index (χ2v) is 8.43. The quantitative estimate of drug-likeness (QED) is 0.814. The molecule has 5 rings (SSSR count). The van der Waals surface area contributed by atoms with Gasteiger partial charge in [0.2, 0.25) is 0 Å². The number of ether oxygens (including phenoxy) is 3. The van der Waals surface area contributed by atoms with E-state index in [1.807, 2.05) is 35.2 Å². The number of carbonyl (C=O) groups is 1. The van der Waals surface area contributed by atoms with Crippen LogP contribution in [0, 0.1) is 5.92 Å². The average Bonchev–Trinajstić information content (AvgIpc) is 2.80. The molecule has 2 saturated heterocycles. The Morgan fingerprint density at radius 2 is 2.00 bits per heavy atom. The second kappa shape index (κ2) is 7.51. The summed E-state index contributed by atoms with van der Waals surface area (Å²) in [6, 6.07) is 12.8. The van der Waals surface area contributed by atoms with Crippen molar-refractivity contribution in [2.45, 2.75) is 37.4 Å². The number of carbonyl (C=O) groups excluding carboxylic acids is 1. The van der Waals surface area contributed by atoms with Crippen LogP contribution in [0.25, 0.3) is 0 Å². The zero-order valence-corrected chi connectivity index (χ0v) is 17.2. The smallest absolute Gasteiger partial charge is 0.253 e. The van der Waals surface area contributed by atoms with Gasteiger partial charge in [0.05, 0.1) is 13.2 Å². The predicted octanol–water partition coefficient (Wildman–Crippen LogP) is 3.94. The van der Waals surface area contributed by atoms with Crippen molar-refractivity contribution in [3.63, 3.8) is 0 Å². The third-order valence-corrected chi connectivity index (χ3v) is 6.85. The summed E-state index contributed by atoms with van der Waals surface area (Å²) in [6.45, 7) is 1.96. The van der Waals surface area contributed by atoms with E-state index in [1.165, 1.54) is 0 Å². The Kier molecular flexibility index (Phi) is 4.82. The number of benzene rings is 2. The highest BCUT2D eigenvalue weighted by molar-refractivity contribution is 5.94. The van der Waals surface area contributed by atoms with E-state index in [2.05, 4.69) is 0 Å². The van der Waals surface area contributed by atoms with E-state index in [0.717, 1.165) is 37.9 Å². The number of nitrogens with zero attached hydrogens (tertiary/aromatic N) is 1. The van der Waals surface area contributed by atoms with Gasteiger partial charge in [-0.15, -0.1) is 0 Å². The molecule has 1 N–H and O–H groups in total. The van der Waals surface area contributed by atoms with Gasteiger partial charge in [0.15, 0.2) is 11.5 Å². The first-order valence-corrected chi connectivity index (χ1v) is 10.7. The van der Waals surface area contributed by atoms with Crippen molar-refractivity contribution in [3.05, 3.63) is 53.6 Å². The maximum Gasteiger partial charge on any atom is 0.253 e. The van der Waals surface area contributed by atoms with Crippen LogP contribution in [0.15, 0.2) is 42.5 Å². The molecule has 158 valence electrons. The molecule has 0 bridgehead atoms. The molecule has 0 aromatic heterocycles. The Balaban J connectivity index is 1.39. The molecule has 0 radical (unpaired) electrons. The number of fused-ring (bicyclic) bond motifs is 4. The lowest BCUT2D eigenvalue weighted by atomic mass is 9.70. The monoisotopic (exact) mass is 409 g/mol. The number of phenolic OH excluding ortho intramolecular Hbond substituents is 1. The summed E-state index contributed by atoms with van der Waals surface area (Å²) in [5.41, 5.74) is 1.17.